The van der Waals surface area contributed by atoms with E-state index in [4.69, 9.17) is 0 Å². The van der Waals surface area contributed by atoms with Gasteiger partial charge in [0.05, 0.1) is 0 Å². The Bertz CT molecular complexity index is 2060. The summed E-state index contributed by atoms with van der Waals surface area (Å²) in [6.45, 7) is 0. The summed E-state index contributed by atoms with van der Waals surface area (Å²) in [6, 6.07) is 24.0. The van der Waals surface area contributed by atoms with Crippen molar-refractivity contribution < 1.29 is 0 Å². The summed E-state index contributed by atoms with van der Waals surface area (Å²) in [5.74, 6) is 0. The van der Waals surface area contributed by atoms with Crippen molar-refractivity contribution in [3.8, 4) is 0 Å². The van der Waals surface area contributed by atoms with Gasteiger partial charge in [0.2, 0.25) is 0 Å². The minimum absolute atomic E-state index is 0.00594. The molecule has 0 atom stereocenters. The molecule has 0 amide bonds. The normalized spacial score (nSPS) is 12.9. The molecule has 8 aromatic rings. The topological polar surface area (TPSA) is 34.1 Å². The SMILES string of the molecule is O=c1ccc2c3c(=O)ccc4cc5cccc6c7cccc8cc1c2c(c87)c(c56)c43. The molecule has 0 aliphatic heterocycles. The average molecular weight is 380 g/mol. The fourth-order valence-corrected chi connectivity index (χ4v) is 5.94. The van der Waals surface area contributed by atoms with E-state index in [-0.39, 0.29) is 10.9 Å². The molecule has 0 saturated carbocycles. The summed E-state index contributed by atoms with van der Waals surface area (Å²) in [5.41, 5.74) is 0.0200. The van der Waals surface area contributed by atoms with E-state index in [1.807, 2.05) is 18.2 Å². The van der Waals surface area contributed by atoms with Crippen LogP contribution in [0.5, 0.6) is 0 Å². The number of fused-ring (bicyclic) bond motifs is 2. The van der Waals surface area contributed by atoms with Crippen LogP contribution in [0.25, 0.3) is 75.4 Å². The molecule has 0 N–H and O–H groups in total. The minimum Gasteiger partial charge on any atom is -0.289 e. The highest BCUT2D eigenvalue weighted by Crippen LogP contribution is 2.49. The van der Waals surface area contributed by atoms with Crippen LogP contribution in [-0.2, 0) is 0 Å². The first-order valence-corrected chi connectivity index (χ1v) is 10.1. The highest BCUT2D eigenvalue weighted by atomic mass is 16.1. The third kappa shape index (κ3) is 1.43. The van der Waals surface area contributed by atoms with Crippen molar-refractivity contribution in [1.29, 1.82) is 0 Å². The summed E-state index contributed by atoms with van der Waals surface area (Å²) in [7, 11) is 0. The van der Waals surface area contributed by atoms with E-state index in [0.717, 1.165) is 43.1 Å². The van der Waals surface area contributed by atoms with Crippen LogP contribution < -0.4 is 10.9 Å². The molecule has 0 aromatic heterocycles. The van der Waals surface area contributed by atoms with E-state index in [1.165, 1.54) is 26.9 Å². The van der Waals surface area contributed by atoms with Crippen molar-refractivity contribution in [3.63, 3.8) is 0 Å². The van der Waals surface area contributed by atoms with Gasteiger partial charge in [-0.25, -0.2) is 0 Å². The Balaban J connectivity index is 2.01. The zero-order valence-corrected chi connectivity index (χ0v) is 15.7. The van der Waals surface area contributed by atoms with Crippen molar-refractivity contribution >= 4 is 75.4 Å². The summed E-state index contributed by atoms with van der Waals surface area (Å²) < 4.78 is 0. The van der Waals surface area contributed by atoms with E-state index in [1.54, 1.807) is 12.1 Å². The first kappa shape index (κ1) is 14.9. The molecule has 8 rings (SSSR count). The molecule has 0 aliphatic carbocycles. The average Bonchev–Trinajstić information content (AvgIpc) is 2.77. The Hall–Kier alpha value is -4.04. The summed E-state index contributed by atoms with van der Waals surface area (Å²) in [6.07, 6.45) is 0. The van der Waals surface area contributed by atoms with Crippen LogP contribution in [-0.4, -0.2) is 0 Å². The second kappa shape index (κ2) is 4.58. The van der Waals surface area contributed by atoms with Gasteiger partial charge in [0, 0.05) is 32.3 Å². The highest BCUT2D eigenvalue weighted by Gasteiger charge is 2.23. The molecule has 0 unspecified atom stereocenters. The zero-order chi connectivity index (χ0) is 19.7. The van der Waals surface area contributed by atoms with E-state index in [9.17, 15) is 9.59 Å². The number of hydrogen-bond acceptors (Lipinski definition) is 2. The Morgan fingerprint density at radius 2 is 1.00 bits per heavy atom. The van der Waals surface area contributed by atoms with Gasteiger partial charge in [-0.3, -0.25) is 9.59 Å². The molecule has 0 spiro atoms. The summed E-state index contributed by atoms with van der Waals surface area (Å²) in [5, 5.41) is 14.6. The largest absolute Gasteiger partial charge is 0.289 e. The fraction of sp³-hybridized carbons (Fsp3) is 0. The quantitative estimate of drug-likeness (QED) is 0.231. The second-order valence-corrected chi connectivity index (χ2v) is 8.38. The second-order valence-electron chi connectivity index (χ2n) is 8.38. The third-order valence-electron chi connectivity index (χ3n) is 7.02. The molecule has 0 heterocycles. The van der Waals surface area contributed by atoms with Gasteiger partial charge in [0.1, 0.15) is 0 Å². The maximum absolute atomic E-state index is 13.1. The number of benzene rings is 8. The lowest BCUT2D eigenvalue weighted by atomic mass is 9.80. The van der Waals surface area contributed by atoms with Crippen LogP contribution in [0.1, 0.15) is 0 Å². The first-order chi connectivity index (χ1) is 14.7. The van der Waals surface area contributed by atoms with Crippen molar-refractivity contribution in [1.82, 2.24) is 0 Å². The van der Waals surface area contributed by atoms with Crippen LogP contribution >= 0.6 is 0 Å². The molecule has 0 saturated heterocycles. The lowest BCUT2D eigenvalue weighted by Gasteiger charge is -2.21. The maximum Gasteiger partial charge on any atom is 0.187 e. The van der Waals surface area contributed by atoms with Gasteiger partial charge in [0.15, 0.2) is 10.9 Å². The number of hydrogen-bond donors (Lipinski definition) is 0. The Kier molecular flexibility index (Phi) is 2.27. The lowest BCUT2D eigenvalue weighted by Crippen LogP contribution is -2.06. The Morgan fingerprint density at radius 1 is 0.367 bits per heavy atom. The molecule has 0 radical (unpaired) electrons. The summed E-state index contributed by atoms with van der Waals surface area (Å²) in [4.78, 5) is 26.0. The van der Waals surface area contributed by atoms with E-state index >= 15 is 0 Å². The van der Waals surface area contributed by atoms with Gasteiger partial charge < -0.3 is 0 Å². The van der Waals surface area contributed by atoms with E-state index in [0.29, 0.717) is 5.39 Å². The smallest absolute Gasteiger partial charge is 0.187 e. The van der Waals surface area contributed by atoms with Crippen LogP contribution in [0.2, 0.25) is 0 Å². The number of rotatable bonds is 0. The first-order valence-electron chi connectivity index (χ1n) is 10.1. The molecule has 0 aliphatic rings. The fourth-order valence-electron chi connectivity index (χ4n) is 5.94. The van der Waals surface area contributed by atoms with Gasteiger partial charge >= 0.3 is 0 Å². The van der Waals surface area contributed by atoms with E-state index < -0.39 is 0 Å². The molecule has 0 fully saturated rings. The maximum atomic E-state index is 13.1. The predicted octanol–water partition coefficient (Wildman–Crippen LogP) is 6.23. The van der Waals surface area contributed by atoms with Crippen molar-refractivity contribution in [2.45, 2.75) is 0 Å². The standard InChI is InChI=1S/C28H12O2/c29-20-10-8-18-25-19(20)12-14-4-2-6-17-16-5-1-3-13-11-15-7-9-21(30)26(18)24(15)27(22(13)16)28(25)23(14)17/h1-12H. The third-order valence-corrected chi connectivity index (χ3v) is 7.02. The molecule has 8 aromatic carbocycles. The van der Waals surface area contributed by atoms with E-state index in [2.05, 4.69) is 42.5 Å². The molecule has 2 heteroatoms. The Morgan fingerprint density at radius 3 is 1.77 bits per heavy atom. The molecule has 136 valence electrons. The van der Waals surface area contributed by atoms with Crippen LogP contribution in [0, 0.1) is 0 Å². The van der Waals surface area contributed by atoms with Gasteiger partial charge in [-0.2, -0.15) is 0 Å². The molecule has 30 heavy (non-hydrogen) atoms. The molecular weight excluding hydrogens is 368 g/mol. The van der Waals surface area contributed by atoms with Gasteiger partial charge in [0.25, 0.3) is 0 Å². The molecule has 0 bridgehead atoms. The minimum atomic E-state index is 0.00594. The molecular formula is C28H12O2. The predicted molar refractivity (Wildman–Crippen MR) is 126 cm³/mol. The summed E-state index contributed by atoms with van der Waals surface area (Å²) >= 11 is 0. The molecule has 2 nitrogen and oxygen atoms in total. The van der Waals surface area contributed by atoms with Gasteiger partial charge in [-0.05, 0) is 73.4 Å². The van der Waals surface area contributed by atoms with Crippen LogP contribution in [0.15, 0.2) is 82.4 Å². The van der Waals surface area contributed by atoms with Crippen molar-refractivity contribution in [2.75, 3.05) is 0 Å². The Labute approximate surface area is 168 Å². The van der Waals surface area contributed by atoms with Gasteiger partial charge in [-0.1, -0.05) is 42.5 Å². The van der Waals surface area contributed by atoms with Crippen LogP contribution in [0.4, 0.5) is 0 Å². The van der Waals surface area contributed by atoms with Crippen molar-refractivity contribution in [3.05, 3.63) is 93.2 Å². The van der Waals surface area contributed by atoms with Crippen molar-refractivity contribution in [2.24, 2.45) is 0 Å². The lowest BCUT2D eigenvalue weighted by molar-refractivity contribution is 1.69. The van der Waals surface area contributed by atoms with Gasteiger partial charge in [-0.15, -0.1) is 0 Å². The highest BCUT2D eigenvalue weighted by molar-refractivity contribution is 6.48. The zero-order valence-electron chi connectivity index (χ0n) is 15.7. The van der Waals surface area contributed by atoms with Crippen LogP contribution in [0.3, 0.4) is 0 Å². The monoisotopic (exact) mass is 380 g/mol.